The SMILES string of the molecule is FC1(F)CC=C(S)C(F)(ON2C=CN=C(N3C=CC=NC3)C2)C1(F)F. The van der Waals surface area contributed by atoms with E-state index in [2.05, 4.69) is 27.5 Å². The Hall–Kier alpha value is -1.88. The van der Waals surface area contributed by atoms with Crippen LogP contribution in [0.2, 0.25) is 0 Å². The van der Waals surface area contributed by atoms with E-state index in [-0.39, 0.29) is 13.2 Å². The van der Waals surface area contributed by atoms with Gasteiger partial charge in [-0.2, -0.15) is 22.0 Å². The van der Waals surface area contributed by atoms with Gasteiger partial charge in [-0.25, -0.2) is 14.9 Å². The second-order valence-corrected chi connectivity index (χ2v) is 5.94. The Labute approximate surface area is 145 Å². The van der Waals surface area contributed by atoms with E-state index in [4.69, 9.17) is 0 Å². The van der Waals surface area contributed by atoms with Gasteiger partial charge < -0.3 is 4.90 Å². The normalized spacial score (nSPS) is 30.3. The number of hydrogen-bond donors (Lipinski definition) is 1. The van der Waals surface area contributed by atoms with Crippen molar-refractivity contribution in [3.8, 4) is 0 Å². The first-order chi connectivity index (χ1) is 11.7. The molecule has 1 aliphatic carbocycles. The zero-order chi connectivity index (χ0) is 18.3. The summed E-state index contributed by atoms with van der Waals surface area (Å²) in [5, 5.41) is 0.674. The molecule has 0 saturated carbocycles. The molecule has 0 radical (unpaired) electrons. The lowest BCUT2D eigenvalue weighted by molar-refractivity contribution is -0.380. The molecule has 0 saturated heterocycles. The summed E-state index contributed by atoms with van der Waals surface area (Å²) in [6, 6.07) is 0. The van der Waals surface area contributed by atoms with E-state index in [0.29, 0.717) is 17.0 Å². The predicted molar refractivity (Wildman–Crippen MR) is 84.1 cm³/mol. The van der Waals surface area contributed by atoms with Crippen molar-refractivity contribution in [2.24, 2.45) is 9.98 Å². The number of rotatable bonds is 2. The van der Waals surface area contributed by atoms with E-state index in [0.717, 1.165) is 6.20 Å². The highest BCUT2D eigenvalue weighted by Crippen LogP contribution is 2.54. The Bertz CT molecular complexity index is 705. The van der Waals surface area contributed by atoms with Crippen molar-refractivity contribution >= 4 is 24.7 Å². The summed E-state index contributed by atoms with van der Waals surface area (Å²) in [6.45, 7) is -0.0194. The Morgan fingerprint density at radius 1 is 1.16 bits per heavy atom. The minimum absolute atomic E-state index is 0.226. The number of amidine groups is 1. The average Bonchev–Trinajstić information content (AvgIpc) is 2.59. The lowest BCUT2D eigenvalue weighted by Crippen LogP contribution is -2.61. The fourth-order valence-electron chi connectivity index (χ4n) is 2.35. The van der Waals surface area contributed by atoms with E-state index in [1.807, 2.05) is 0 Å². The minimum atomic E-state index is -5.09. The maximum atomic E-state index is 14.8. The van der Waals surface area contributed by atoms with Crippen molar-refractivity contribution in [3.63, 3.8) is 0 Å². The molecular weight excluding hydrogens is 367 g/mol. The van der Waals surface area contributed by atoms with Crippen molar-refractivity contribution in [2.45, 2.75) is 24.1 Å². The van der Waals surface area contributed by atoms with Crippen LogP contribution in [-0.2, 0) is 4.84 Å². The molecule has 1 atom stereocenters. The first-order valence-corrected chi connectivity index (χ1v) is 7.59. The van der Waals surface area contributed by atoms with Crippen LogP contribution in [0.1, 0.15) is 6.42 Å². The molecule has 3 aliphatic rings. The Balaban J connectivity index is 1.80. The first-order valence-electron chi connectivity index (χ1n) is 7.14. The maximum Gasteiger partial charge on any atom is 0.374 e. The van der Waals surface area contributed by atoms with Crippen molar-refractivity contribution in [1.82, 2.24) is 9.96 Å². The summed E-state index contributed by atoms with van der Waals surface area (Å²) >= 11 is 3.58. The maximum absolute atomic E-state index is 14.8. The lowest BCUT2D eigenvalue weighted by Gasteiger charge is -2.42. The molecule has 0 aromatic rings. The molecule has 0 fully saturated rings. The summed E-state index contributed by atoms with van der Waals surface area (Å²) in [4.78, 5) is 13.3. The van der Waals surface area contributed by atoms with Gasteiger partial charge in [-0.05, 0) is 6.08 Å². The van der Waals surface area contributed by atoms with Crippen LogP contribution in [0.4, 0.5) is 22.0 Å². The Morgan fingerprint density at radius 2 is 1.92 bits per heavy atom. The number of halogens is 5. The monoisotopic (exact) mass is 380 g/mol. The number of hydroxylamine groups is 2. The third kappa shape index (κ3) is 2.95. The molecule has 136 valence electrons. The van der Waals surface area contributed by atoms with Gasteiger partial charge >= 0.3 is 17.7 Å². The Morgan fingerprint density at radius 3 is 2.60 bits per heavy atom. The number of allylic oxidation sites excluding steroid dienone is 2. The van der Waals surface area contributed by atoms with Crippen molar-refractivity contribution in [1.29, 1.82) is 0 Å². The van der Waals surface area contributed by atoms with Gasteiger partial charge in [0.15, 0.2) is 0 Å². The fraction of sp³-hybridized carbons (Fsp3) is 0.429. The highest BCUT2D eigenvalue weighted by Gasteiger charge is 2.74. The Kier molecular flexibility index (Phi) is 4.40. The molecule has 0 amide bonds. The van der Waals surface area contributed by atoms with Crippen LogP contribution in [0.25, 0.3) is 0 Å². The van der Waals surface area contributed by atoms with Gasteiger partial charge in [0, 0.05) is 31.2 Å². The van der Waals surface area contributed by atoms with Crippen molar-refractivity contribution in [3.05, 3.63) is 35.7 Å². The minimum Gasteiger partial charge on any atom is -0.315 e. The van der Waals surface area contributed by atoms with Crippen molar-refractivity contribution in [2.75, 3.05) is 13.2 Å². The molecule has 0 bridgehead atoms. The van der Waals surface area contributed by atoms with Crippen LogP contribution in [-0.4, -0.2) is 52.9 Å². The second kappa shape index (κ2) is 6.13. The molecule has 0 N–H and O–H groups in total. The molecule has 2 heterocycles. The third-order valence-corrected chi connectivity index (χ3v) is 4.23. The van der Waals surface area contributed by atoms with E-state index in [1.54, 1.807) is 23.4 Å². The molecule has 2 aliphatic heterocycles. The zero-order valence-electron chi connectivity index (χ0n) is 12.6. The molecule has 3 rings (SSSR count). The number of aliphatic imine (C=N–C) groups is 2. The molecule has 0 aromatic carbocycles. The van der Waals surface area contributed by atoms with Gasteiger partial charge in [0.25, 0.3) is 0 Å². The summed E-state index contributed by atoms with van der Waals surface area (Å²) in [5.74, 6) is -13.5. The van der Waals surface area contributed by atoms with E-state index in [9.17, 15) is 22.0 Å². The average molecular weight is 380 g/mol. The summed E-state index contributed by atoms with van der Waals surface area (Å²) < 4.78 is 69.9. The second-order valence-electron chi connectivity index (χ2n) is 5.46. The summed E-state index contributed by atoms with van der Waals surface area (Å²) in [6.07, 6.45) is 6.31. The summed E-state index contributed by atoms with van der Waals surface area (Å²) in [5.41, 5.74) is 0. The van der Waals surface area contributed by atoms with Gasteiger partial charge in [-0.15, -0.1) is 12.6 Å². The largest absolute Gasteiger partial charge is 0.374 e. The molecule has 25 heavy (non-hydrogen) atoms. The van der Waals surface area contributed by atoms with E-state index < -0.39 is 29.0 Å². The number of nitrogens with zero attached hydrogens (tertiary/aromatic N) is 4. The predicted octanol–water partition coefficient (Wildman–Crippen LogP) is 3.11. The molecule has 11 heteroatoms. The highest BCUT2D eigenvalue weighted by molar-refractivity contribution is 7.84. The van der Waals surface area contributed by atoms with Gasteiger partial charge in [-0.1, -0.05) is 6.08 Å². The van der Waals surface area contributed by atoms with E-state index >= 15 is 0 Å². The highest BCUT2D eigenvalue weighted by atomic mass is 32.1. The molecule has 5 nitrogen and oxygen atoms in total. The smallest absolute Gasteiger partial charge is 0.315 e. The van der Waals surface area contributed by atoms with Crippen LogP contribution in [0.3, 0.4) is 0 Å². The van der Waals surface area contributed by atoms with Gasteiger partial charge in [0.2, 0.25) is 0 Å². The van der Waals surface area contributed by atoms with Gasteiger partial charge in [-0.3, -0.25) is 4.99 Å². The molecule has 0 spiro atoms. The number of thiol groups is 1. The first kappa shape index (κ1) is 17.9. The summed E-state index contributed by atoms with van der Waals surface area (Å²) in [7, 11) is 0. The molecule has 1 unspecified atom stereocenters. The van der Waals surface area contributed by atoms with Gasteiger partial charge in [0.05, 0.1) is 4.91 Å². The molecular formula is C14H13F5N4OS. The third-order valence-electron chi connectivity index (χ3n) is 3.76. The number of alkyl halides is 5. The van der Waals surface area contributed by atoms with Crippen LogP contribution in [0, 0.1) is 0 Å². The van der Waals surface area contributed by atoms with Gasteiger partial charge in [0.1, 0.15) is 19.0 Å². The number of hydrogen-bond acceptors (Lipinski definition) is 6. The van der Waals surface area contributed by atoms with Crippen LogP contribution in [0.5, 0.6) is 0 Å². The van der Waals surface area contributed by atoms with Crippen LogP contribution < -0.4 is 0 Å². The zero-order valence-corrected chi connectivity index (χ0v) is 13.5. The van der Waals surface area contributed by atoms with Crippen molar-refractivity contribution < 1.29 is 26.8 Å². The van der Waals surface area contributed by atoms with E-state index in [1.165, 1.54) is 6.20 Å². The van der Waals surface area contributed by atoms with Crippen LogP contribution in [0.15, 0.2) is 45.6 Å². The quantitative estimate of drug-likeness (QED) is 0.591. The molecule has 0 aromatic heterocycles. The topological polar surface area (TPSA) is 40.4 Å². The van der Waals surface area contributed by atoms with Crippen LogP contribution >= 0.6 is 12.6 Å². The fourth-order valence-corrected chi connectivity index (χ4v) is 2.63. The standard InChI is InChI=1S/C14H13F5N4OS/c15-12(16)3-2-10(25)13(17,14(12,18)19)24-23-7-5-21-11(8-23)22-6-1-4-20-9-22/h1-2,4-7,25H,3,8-9H2. The lowest BCUT2D eigenvalue weighted by atomic mass is 9.94.